The average Bonchev–Trinajstić information content (AvgIpc) is 3.44. The summed E-state index contributed by atoms with van der Waals surface area (Å²) in [4.78, 5) is 28.9. The highest BCUT2D eigenvalue weighted by molar-refractivity contribution is 5.95. The average molecular weight is 465 g/mol. The van der Waals surface area contributed by atoms with Crippen molar-refractivity contribution in [2.24, 2.45) is 17.8 Å². The summed E-state index contributed by atoms with van der Waals surface area (Å²) in [5.41, 5.74) is 1.74. The molecule has 4 heterocycles. The molecule has 176 valence electrons. The lowest BCUT2D eigenvalue weighted by atomic mass is 9.61. The number of aromatic nitrogens is 5. The number of anilines is 1. The topological polar surface area (TPSA) is 129 Å². The molecule has 7 rings (SSSR count). The fourth-order valence-corrected chi connectivity index (χ4v) is 5.92. The minimum Gasteiger partial charge on any atom is -0.481 e. The maximum absolute atomic E-state index is 14.0. The smallest absolute Gasteiger partial charge is 0.308 e. The second-order valence-electron chi connectivity index (χ2n) is 9.33. The Bertz CT molecular complexity index is 1390. The lowest BCUT2D eigenvalue weighted by Gasteiger charge is -2.47. The summed E-state index contributed by atoms with van der Waals surface area (Å²) in [6.07, 6.45) is 8.59. The number of hydrogen-bond donors (Lipinski definition) is 4. The van der Waals surface area contributed by atoms with Crippen LogP contribution >= 0.6 is 0 Å². The molecule has 34 heavy (non-hydrogen) atoms. The number of carboxylic acids is 1. The highest BCUT2D eigenvalue weighted by atomic mass is 19.1. The summed E-state index contributed by atoms with van der Waals surface area (Å²) in [6, 6.07) is 3.05. The predicted octanol–water partition coefficient (Wildman–Crippen LogP) is 3.41. The first-order valence-electron chi connectivity index (χ1n) is 11.6. The van der Waals surface area contributed by atoms with Gasteiger partial charge in [-0.05, 0) is 49.7 Å². The minimum atomic E-state index is -0.770. The van der Waals surface area contributed by atoms with Crippen LogP contribution in [0.4, 0.5) is 10.2 Å². The molecular weight excluding hydrogens is 439 g/mol. The van der Waals surface area contributed by atoms with E-state index < -0.39 is 17.7 Å². The molecule has 4 N–H and O–H groups in total. The number of carboxylic acid groups (broad SMARTS) is 1. The van der Waals surface area contributed by atoms with Crippen LogP contribution in [-0.2, 0) is 11.3 Å². The lowest BCUT2D eigenvalue weighted by Crippen LogP contribution is -2.51. The van der Waals surface area contributed by atoms with Gasteiger partial charge in [-0.25, -0.2) is 19.3 Å². The molecule has 3 saturated carbocycles. The number of aliphatic hydroxyl groups is 1. The maximum Gasteiger partial charge on any atom is 0.308 e. The summed E-state index contributed by atoms with van der Waals surface area (Å²) >= 11 is 0. The van der Waals surface area contributed by atoms with Crippen LogP contribution in [0.5, 0.6) is 0 Å². The Balaban J connectivity index is 1.49. The molecular formula is C24H25FN6O3. The van der Waals surface area contributed by atoms with Crippen molar-refractivity contribution >= 4 is 33.9 Å². The summed E-state index contributed by atoms with van der Waals surface area (Å²) in [5.74, 6) is -0.332. The third kappa shape index (κ3) is 3.32. The van der Waals surface area contributed by atoms with Crippen LogP contribution in [0.3, 0.4) is 0 Å². The molecule has 2 bridgehead atoms. The third-order valence-electron chi connectivity index (χ3n) is 7.51. The summed E-state index contributed by atoms with van der Waals surface area (Å²) in [7, 11) is 0. The number of nitrogens with zero attached hydrogens (tertiary/aromatic N) is 4. The van der Waals surface area contributed by atoms with E-state index in [4.69, 9.17) is 9.97 Å². The van der Waals surface area contributed by atoms with Gasteiger partial charge in [0.05, 0.1) is 24.1 Å². The van der Waals surface area contributed by atoms with E-state index in [1.807, 2.05) is 16.8 Å². The van der Waals surface area contributed by atoms with Crippen molar-refractivity contribution < 1.29 is 19.4 Å². The Morgan fingerprint density at radius 2 is 2.00 bits per heavy atom. The molecule has 0 radical (unpaired) electrons. The van der Waals surface area contributed by atoms with Gasteiger partial charge in [0.1, 0.15) is 22.9 Å². The first-order valence-corrected chi connectivity index (χ1v) is 11.6. The molecule has 2 atom stereocenters. The monoisotopic (exact) mass is 464 g/mol. The van der Waals surface area contributed by atoms with Crippen LogP contribution in [0.25, 0.3) is 33.5 Å². The molecule has 3 fully saturated rings. The second-order valence-corrected chi connectivity index (χ2v) is 9.33. The Hall–Kier alpha value is -3.53. The summed E-state index contributed by atoms with van der Waals surface area (Å²) < 4.78 is 15.8. The quantitative estimate of drug-likeness (QED) is 0.344. The van der Waals surface area contributed by atoms with E-state index >= 15 is 0 Å². The zero-order chi connectivity index (χ0) is 23.4. The normalized spacial score (nSPS) is 24.2. The molecule has 0 amide bonds. The number of carbonyl (C=O) groups is 1. The van der Waals surface area contributed by atoms with Crippen LogP contribution in [0.2, 0.25) is 0 Å². The van der Waals surface area contributed by atoms with Crippen LogP contribution in [0.1, 0.15) is 25.7 Å². The molecule has 9 nitrogen and oxygen atoms in total. The highest BCUT2D eigenvalue weighted by Crippen LogP contribution is 2.46. The van der Waals surface area contributed by atoms with Crippen molar-refractivity contribution in [2.75, 3.05) is 11.9 Å². The largest absolute Gasteiger partial charge is 0.481 e. The van der Waals surface area contributed by atoms with E-state index in [9.17, 15) is 19.4 Å². The van der Waals surface area contributed by atoms with Gasteiger partial charge >= 0.3 is 5.97 Å². The van der Waals surface area contributed by atoms with E-state index in [2.05, 4.69) is 15.3 Å². The van der Waals surface area contributed by atoms with Crippen molar-refractivity contribution in [3.63, 3.8) is 0 Å². The zero-order valence-corrected chi connectivity index (χ0v) is 18.4. The molecule has 0 aliphatic heterocycles. The molecule has 0 aromatic carbocycles. The van der Waals surface area contributed by atoms with Crippen molar-refractivity contribution in [3.05, 3.63) is 36.5 Å². The molecule has 4 aromatic rings. The van der Waals surface area contributed by atoms with Gasteiger partial charge in [-0.1, -0.05) is 0 Å². The molecule has 10 heteroatoms. The Kier molecular flexibility index (Phi) is 4.98. The first-order chi connectivity index (χ1) is 16.5. The van der Waals surface area contributed by atoms with E-state index in [-0.39, 0.29) is 24.5 Å². The first kappa shape index (κ1) is 21.0. The van der Waals surface area contributed by atoms with Crippen LogP contribution in [0, 0.1) is 23.6 Å². The molecule has 3 aliphatic rings. The number of fused-ring (bicyclic) bond motifs is 5. The van der Waals surface area contributed by atoms with Gasteiger partial charge in [-0.15, -0.1) is 0 Å². The van der Waals surface area contributed by atoms with Gasteiger partial charge < -0.3 is 25.1 Å². The number of nitrogens with one attached hydrogen (secondary N) is 2. The number of aliphatic carboxylic acids is 1. The number of hydrogen-bond acceptors (Lipinski definition) is 6. The third-order valence-corrected chi connectivity index (χ3v) is 7.51. The van der Waals surface area contributed by atoms with E-state index in [1.54, 1.807) is 6.20 Å². The number of H-pyrrole nitrogens is 1. The van der Waals surface area contributed by atoms with Crippen molar-refractivity contribution in [1.82, 2.24) is 24.5 Å². The van der Waals surface area contributed by atoms with Crippen LogP contribution in [0.15, 0.2) is 30.7 Å². The number of halogens is 1. The standard InChI is InChI=1S/C24H25FN6O3/c25-14-9-16-17(11-27-20(16)26-10-14)22-29-21(15-5-6-31(7-8-32)23(15)30-22)28-19-13-3-1-12(2-4-13)18(19)24(33)34/h5-6,9-13,18-19,32H,1-4,7-8H2,(H,26,27)(H,33,34)(H,28,29,30). The van der Waals surface area contributed by atoms with Crippen molar-refractivity contribution in [1.29, 1.82) is 0 Å². The van der Waals surface area contributed by atoms with Gasteiger partial charge in [0.15, 0.2) is 5.82 Å². The van der Waals surface area contributed by atoms with Gasteiger partial charge in [0, 0.05) is 35.9 Å². The highest BCUT2D eigenvalue weighted by Gasteiger charge is 2.47. The zero-order valence-electron chi connectivity index (χ0n) is 18.4. The summed E-state index contributed by atoms with van der Waals surface area (Å²) in [5, 5.41) is 24.3. The van der Waals surface area contributed by atoms with Crippen molar-refractivity contribution in [2.45, 2.75) is 38.3 Å². The molecule has 0 saturated heterocycles. The maximum atomic E-state index is 14.0. The van der Waals surface area contributed by atoms with Gasteiger partial charge in [0.2, 0.25) is 0 Å². The molecule has 3 aliphatic carbocycles. The number of aromatic amines is 1. The Morgan fingerprint density at radius 3 is 2.76 bits per heavy atom. The fraction of sp³-hybridized carbons (Fsp3) is 0.417. The van der Waals surface area contributed by atoms with Gasteiger partial charge in [-0.2, -0.15) is 0 Å². The molecule has 0 spiro atoms. The SMILES string of the molecule is O=C(O)C1C2CCC(CC2)C1Nc1nc(-c2c[nH]c3ncc(F)cc23)nc2c1ccn2CCO. The van der Waals surface area contributed by atoms with E-state index in [1.165, 1.54) is 6.07 Å². The molecule has 2 unspecified atom stereocenters. The van der Waals surface area contributed by atoms with E-state index in [0.29, 0.717) is 40.4 Å². The number of rotatable bonds is 6. The van der Waals surface area contributed by atoms with Gasteiger partial charge in [0.25, 0.3) is 0 Å². The number of pyridine rings is 1. The van der Waals surface area contributed by atoms with Gasteiger partial charge in [-0.3, -0.25) is 4.79 Å². The van der Waals surface area contributed by atoms with Crippen LogP contribution < -0.4 is 5.32 Å². The second kappa shape index (κ2) is 8.05. The minimum absolute atomic E-state index is 0.0540. The summed E-state index contributed by atoms with van der Waals surface area (Å²) in [6.45, 7) is 0.302. The molecule has 4 aromatic heterocycles. The lowest BCUT2D eigenvalue weighted by molar-refractivity contribution is -0.148. The fourth-order valence-electron chi connectivity index (χ4n) is 5.92. The Morgan fingerprint density at radius 1 is 1.21 bits per heavy atom. The van der Waals surface area contributed by atoms with Crippen molar-refractivity contribution in [3.8, 4) is 11.4 Å². The van der Waals surface area contributed by atoms with Crippen LogP contribution in [-0.4, -0.2) is 53.3 Å². The Labute approximate surface area is 194 Å². The van der Waals surface area contributed by atoms with E-state index in [0.717, 1.165) is 37.3 Å². The predicted molar refractivity (Wildman–Crippen MR) is 124 cm³/mol. The number of aliphatic hydroxyl groups excluding tert-OH is 1.